The third-order valence-electron chi connectivity index (χ3n) is 3.93. The summed E-state index contributed by atoms with van der Waals surface area (Å²) in [5.41, 5.74) is 2.63. The van der Waals surface area contributed by atoms with Crippen molar-refractivity contribution < 1.29 is 9.53 Å². The van der Waals surface area contributed by atoms with Crippen molar-refractivity contribution in [1.29, 1.82) is 0 Å². The number of aromatic nitrogens is 3. The van der Waals surface area contributed by atoms with Crippen LogP contribution in [0.3, 0.4) is 0 Å². The summed E-state index contributed by atoms with van der Waals surface area (Å²) in [6.45, 7) is 9.06. The molecule has 0 spiro atoms. The molecule has 128 valence electrons. The minimum absolute atomic E-state index is 0.0473. The number of pyridine rings is 1. The Morgan fingerprint density at radius 2 is 1.96 bits per heavy atom. The quantitative estimate of drug-likeness (QED) is 0.919. The van der Waals surface area contributed by atoms with Gasteiger partial charge < -0.3 is 15.0 Å². The Bertz CT molecular complexity index is 715. The lowest BCUT2D eigenvalue weighted by Crippen LogP contribution is -2.49. The van der Waals surface area contributed by atoms with Gasteiger partial charge in [-0.05, 0) is 45.9 Å². The molecule has 0 unspecified atom stereocenters. The van der Waals surface area contributed by atoms with Gasteiger partial charge in [0.2, 0.25) is 0 Å². The van der Waals surface area contributed by atoms with Crippen molar-refractivity contribution in [2.75, 3.05) is 18.4 Å². The Kier molecular flexibility index (Phi) is 4.53. The molecule has 3 rings (SSSR count). The van der Waals surface area contributed by atoms with Crippen molar-refractivity contribution in [3.63, 3.8) is 0 Å². The molecule has 24 heavy (non-hydrogen) atoms. The van der Waals surface area contributed by atoms with E-state index in [9.17, 15) is 4.79 Å². The summed E-state index contributed by atoms with van der Waals surface area (Å²) < 4.78 is 7.43. The molecule has 2 aromatic rings. The van der Waals surface area contributed by atoms with E-state index in [1.807, 2.05) is 45.9 Å². The number of amides is 2. The zero-order valence-electron chi connectivity index (χ0n) is 14.5. The van der Waals surface area contributed by atoms with Gasteiger partial charge in [-0.25, -0.2) is 14.5 Å². The van der Waals surface area contributed by atoms with E-state index in [1.54, 1.807) is 15.8 Å². The lowest BCUT2D eigenvalue weighted by atomic mass is 10.2. The highest BCUT2D eigenvalue weighted by atomic mass is 16.5. The molecular weight excluding hydrogens is 306 g/mol. The van der Waals surface area contributed by atoms with Gasteiger partial charge in [0.25, 0.3) is 0 Å². The van der Waals surface area contributed by atoms with Crippen molar-refractivity contribution in [2.24, 2.45) is 0 Å². The smallest absolute Gasteiger partial charge is 0.322 e. The zero-order valence-corrected chi connectivity index (χ0v) is 14.5. The van der Waals surface area contributed by atoms with Crippen LogP contribution in [0.15, 0.2) is 24.4 Å². The van der Waals surface area contributed by atoms with Crippen LogP contribution in [0.2, 0.25) is 0 Å². The van der Waals surface area contributed by atoms with Crippen LogP contribution in [0.5, 0.6) is 0 Å². The second-order valence-electron chi connectivity index (χ2n) is 6.34. The average Bonchev–Trinajstić information content (AvgIpc) is 2.85. The van der Waals surface area contributed by atoms with Crippen molar-refractivity contribution in [3.05, 3.63) is 35.8 Å². The fraction of sp³-hybridized carbons (Fsp3) is 0.471. The van der Waals surface area contributed by atoms with Crippen LogP contribution in [0.1, 0.15) is 25.2 Å². The van der Waals surface area contributed by atoms with Gasteiger partial charge in [-0.15, -0.1) is 0 Å². The number of morpholine rings is 1. The molecule has 0 saturated carbocycles. The molecule has 0 bridgehead atoms. The normalized spacial score (nSPS) is 20.9. The van der Waals surface area contributed by atoms with Crippen molar-refractivity contribution in [3.8, 4) is 5.82 Å². The van der Waals surface area contributed by atoms with E-state index in [0.29, 0.717) is 18.8 Å². The summed E-state index contributed by atoms with van der Waals surface area (Å²) in [6.07, 6.45) is 1.74. The first kappa shape index (κ1) is 16.4. The fourth-order valence-corrected chi connectivity index (χ4v) is 2.99. The predicted octanol–water partition coefficient (Wildman–Crippen LogP) is 2.53. The lowest BCUT2D eigenvalue weighted by molar-refractivity contribution is -0.0530. The van der Waals surface area contributed by atoms with Gasteiger partial charge in [-0.2, -0.15) is 5.10 Å². The molecule has 0 aliphatic carbocycles. The highest BCUT2D eigenvalue weighted by Gasteiger charge is 2.25. The number of hydrogen-bond donors (Lipinski definition) is 1. The molecular formula is C17H23N5O2. The number of rotatable bonds is 2. The third-order valence-corrected chi connectivity index (χ3v) is 3.93. The summed E-state index contributed by atoms with van der Waals surface area (Å²) >= 11 is 0. The molecule has 1 aliphatic heterocycles. The third kappa shape index (κ3) is 3.56. The Morgan fingerprint density at radius 3 is 2.50 bits per heavy atom. The second-order valence-corrected chi connectivity index (χ2v) is 6.34. The molecule has 0 aromatic carbocycles. The van der Waals surface area contributed by atoms with Crippen LogP contribution in [-0.2, 0) is 4.74 Å². The summed E-state index contributed by atoms with van der Waals surface area (Å²) in [5.74, 6) is 0.729. The molecule has 1 fully saturated rings. The van der Waals surface area contributed by atoms with E-state index in [0.717, 1.165) is 17.2 Å². The molecule has 2 amide bonds. The zero-order chi connectivity index (χ0) is 17.3. The Hall–Kier alpha value is -2.41. The second kappa shape index (κ2) is 6.60. The molecule has 7 heteroatoms. The van der Waals surface area contributed by atoms with E-state index < -0.39 is 0 Å². The number of nitrogens with one attached hydrogen (secondary N) is 1. The topological polar surface area (TPSA) is 72.3 Å². The number of carbonyl (C=O) groups excluding carboxylic acids is 1. The minimum Gasteiger partial charge on any atom is -0.372 e. The number of aryl methyl sites for hydroxylation is 2. The molecule has 0 radical (unpaired) electrons. The van der Waals surface area contributed by atoms with Crippen LogP contribution >= 0.6 is 0 Å². The van der Waals surface area contributed by atoms with Crippen LogP contribution < -0.4 is 5.32 Å². The molecule has 7 nitrogen and oxygen atoms in total. The summed E-state index contributed by atoms with van der Waals surface area (Å²) in [5, 5.41) is 7.30. The Balaban J connectivity index is 1.68. The maximum Gasteiger partial charge on any atom is 0.322 e. The predicted molar refractivity (Wildman–Crippen MR) is 91.4 cm³/mol. The monoisotopic (exact) mass is 329 g/mol. The van der Waals surface area contributed by atoms with Gasteiger partial charge >= 0.3 is 6.03 Å². The molecule has 1 N–H and O–H groups in total. The Labute approximate surface area is 141 Å². The summed E-state index contributed by atoms with van der Waals surface area (Å²) in [4.78, 5) is 18.6. The first-order valence-corrected chi connectivity index (χ1v) is 8.13. The standard InChI is InChI=1S/C17H23N5O2/c1-11-7-12(2)22(20-11)16-6-5-15(8-18-16)19-17(23)21-9-13(3)24-14(4)10-21/h5-8,13-14H,9-10H2,1-4H3,(H,19,23)/t13-,14-/m1/s1. The molecule has 1 saturated heterocycles. The van der Waals surface area contributed by atoms with Crippen molar-refractivity contribution in [1.82, 2.24) is 19.7 Å². The highest BCUT2D eigenvalue weighted by molar-refractivity contribution is 5.89. The first-order valence-electron chi connectivity index (χ1n) is 8.13. The van der Waals surface area contributed by atoms with Crippen LogP contribution in [-0.4, -0.2) is 51.0 Å². The largest absolute Gasteiger partial charge is 0.372 e. The number of ether oxygens (including phenoxy) is 1. The lowest BCUT2D eigenvalue weighted by Gasteiger charge is -2.35. The van der Waals surface area contributed by atoms with Crippen LogP contribution in [0.4, 0.5) is 10.5 Å². The number of carbonyl (C=O) groups is 1. The SMILES string of the molecule is Cc1cc(C)n(-c2ccc(NC(=O)N3C[C@@H](C)O[C@H](C)C3)cn2)n1. The van der Waals surface area contributed by atoms with E-state index in [1.165, 1.54) is 0 Å². The number of urea groups is 1. The van der Waals surface area contributed by atoms with Crippen molar-refractivity contribution >= 4 is 11.7 Å². The highest BCUT2D eigenvalue weighted by Crippen LogP contribution is 2.15. The van der Waals surface area contributed by atoms with Gasteiger partial charge in [0.15, 0.2) is 5.82 Å². The van der Waals surface area contributed by atoms with E-state index in [2.05, 4.69) is 15.4 Å². The fourth-order valence-electron chi connectivity index (χ4n) is 2.99. The van der Waals surface area contributed by atoms with Gasteiger partial charge in [0, 0.05) is 18.8 Å². The van der Waals surface area contributed by atoms with Gasteiger partial charge in [-0.3, -0.25) is 0 Å². The molecule has 3 heterocycles. The number of nitrogens with zero attached hydrogens (tertiary/aromatic N) is 4. The van der Waals surface area contributed by atoms with Gasteiger partial charge in [0.1, 0.15) is 0 Å². The maximum absolute atomic E-state index is 12.4. The molecule has 2 aromatic heterocycles. The maximum atomic E-state index is 12.4. The van der Waals surface area contributed by atoms with Gasteiger partial charge in [0.05, 0.1) is 29.8 Å². The molecule has 1 aliphatic rings. The average molecular weight is 329 g/mol. The van der Waals surface area contributed by atoms with Crippen molar-refractivity contribution in [2.45, 2.75) is 39.9 Å². The van der Waals surface area contributed by atoms with E-state index in [-0.39, 0.29) is 18.2 Å². The summed E-state index contributed by atoms with van der Waals surface area (Å²) in [7, 11) is 0. The van der Waals surface area contributed by atoms with Gasteiger partial charge in [-0.1, -0.05) is 0 Å². The summed E-state index contributed by atoms with van der Waals surface area (Å²) in [6, 6.07) is 5.56. The minimum atomic E-state index is -0.127. The van der Waals surface area contributed by atoms with Crippen LogP contribution in [0.25, 0.3) is 5.82 Å². The first-order chi connectivity index (χ1) is 11.4. The van der Waals surface area contributed by atoms with Crippen LogP contribution in [0, 0.1) is 13.8 Å². The number of hydrogen-bond acceptors (Lipinski definition) is 4. The molecule has 2 atom stereocenters. The van der Waals surface area contributed by atoms with E-state index >= 15 is 0 Å². The number of anilines is 1. The Morgan fingerprint density at radius 1 is 1.25 bits per heavy atom. The van der Waals surface area contributed by atoms with E-state index in [4.69, 9.17) is 4.74 Å².